The number of sulfonamides is 1. The van der Waals surface area contributed by atoms with Gasteiger partial charge < -0.3 is 4.90 Å². The van der Waals surface area contributed by atoms with Crippen molar-refractivity contribution < 1.29 is 39.6 Å². The molecule has 0 aromatic heterocycles. The molecule has 1 heterocycles. The number of nitrogens with one attached hydrogen (secondary N) is 1. The third kappa shape index (κ3) is 6.07. The molecule has 1 N–H and O–H groups in total. The molecule has 1 amide bonds. The van der Waals surface area contributed by atoms with Gasteiger partial charge in [-0.05, 0) is 55.3 Å². The minimum atomic E-state index is -4.88. The molecule has 0 radical (unpaired) electrons. The van der Waals surface area contributed by atoms with Gasteiger partial charge in [-0.25, -0.2) is 13.1 Å². The van der Waals surface area contributed by atoms with Crippen molar-refractivity contribution in [1.29, 1.82) is 0 Å². The molecular weight excluding hydrogens is 542 g/mol. The Balaban J connectivity index is 1.66. The van der Waals surface area contributed by atoms with Crippen LogP contribution in [0.2, 0.25) is 0 Å². The van der Waals surface area contributed by atoms with Gasteiger partial charge in [0.15, 0.2) is 0 Å². The number of carbonyl (C=O) groups is 1. The Bertz CT molecular complexity index is 1130. The Labute approximate surface area is 193 Å². The van der Waals surface area contributed by atoms with Gasteiger partial charge in [-0.15, -0.1) is 0 Å². The maximum Gasteiger partial charge on any atom is 0.417 e. The van der Waals surface area contributed by atoms with Crippen LogP contribution in [0.1, 0.15) is 34.3 Å². The van der Waals surface area contributed by atoms with E-state index >= 15 is 0 Å². The van der Waals surface area contributed by atoms with Crippen molar-refractivity contribution in [1.82, 2.24) is 9.62 Å². The first-order valence-electron chi connectivity index (χ1n) is 9.54. The molecule has 13 heteroatoms. The number of benzene rings is 2. The monoisotopic (exact) mass is 558 g/mol. The Hall–Kier alpha value is -2.12. The van der Waals surface area contributed by atoms with Crippen molar-refractivity contribution in [3.8, 4) is 0 Å². The van der Waals surface area contributed by atoms with E-state index in [0.717, 1.165) is 30.3 Å². The SMILES string of the molecule is O=C(c1ccc(C(F)(F)F)cc1)N1CCC(NS(=O)(=O)c2ccc(Br)cc2C(F)(F)F)CC1. The number of likely N-dealkylation sites (tertiary alicyclic amines) is 1. The van der Waals surface area contributed by atoms with Gasteiger partial charge in [-0.3, -0.25) is 4.79 Å². The average molecular weight is 559 g/mol. The molecule has 0 unspecified atom stereocenters. The molecule has 1 aliphatic heterocycles. The zero-order valence-corrected chi connectivity index (χ0v) is 19.1. The number of piperidine rings is 1. The fourth-order valence-corrected chi connectivity index (χ4v) is 5.30. The lowest BCUT2D eigenvalue weighted by molar-refractivity contribution is -0.140. The van der Waals surface area contributed by atoms with Crippen LogP contribution in [-0.2, 0) is 22.4 Å². The molecule has 0 bridgehead atoms. The molecule has 33 heavy (non-hydrogen) atoms. The second-order valence-corrected chi connectivity index (χ2v) is 10.00. The van der Waals surface area contributed by atoms with Gasteiger partial charge in [0, 0.05) is 29.2 Å². The summed E-state index contributed by atoms with van der Waals surface area (Å²) in [4.78, 5) is 13.0. The van der Waals surface area contributed by atoms with Crippen LogP contribution in [0.15, 0.2) is 51.8 Å². The van der Waals surface area contributed by atoms with E-state index in [4.69, 9.17) is 0 Å². The van der Waals surface area contributed by atoms with E-state index < -0.39 is 50.3 Å². The van der Waals surface area contributed by atoms with Crippen molar-refractivity contribution in [2.24, 2.45) is 0 Å². The number of halogens is 7. The number of amides is 1. The Morgan fingerprint density at radius 3 is 2.03 bits per heavy atom. The normalized spacial score (nSPS) is 16.2. The Kier molecular flexibility index (Phi) is 7.16. The van der Waals surface area contributed by atoms with Crippen molar-refractivity contribution >= 4 is 31.9 Å². The van der Waals surface area contributed by atoms with Crippen molar-refractivity contribution in [2.75, 3.05) is 13.1 Å². The summed E-state index contributed by atoms with van der Waals surface area (Å²) in [5, 5.41) is 0. The molecule has 1 fully saturated rings. The molecule has 2 aromatic carbocycles. The fourth-order valence-electron chi connectivity index (χ4n) is 3.43. The first-order valence-corrected chi connectivity index (χ1v) is 11.8. The largest absolute Gasteiger partial charge is 0.417 e. The molecule has 5 nitrogen and oxygen atoms in total. The van der Waals surface area contributed by atoms with Gasteiger partial charge >= 0.3 is 12.4 Å². The van der Waals surface area contributed by atoms with E-state index in [9.17, 15) is 39.6 Å². The predicted octanol–water partition coefficient (Wildman–Crippen LogP) is 5.07. The maximum atomic E-state index is 13.3. The van der Waals surface area contributed by atoms with Gasteiger partial charge in [0.1, 0.15) is 0 Å². The first kappa shape index (κ1) is 25.5. The highest BCUT2D eigenvalue weighted by atomic mass is 79.9. The molecular formula is C20H17BrF6N2O3S. The van der Waals surface area contributed by atoms with E-state index in [1.165, 1.54) is 11.0 Å². The lowest BCUT2D eigenvalue weighted by Crippen LogP contribution is -2.46. The minimum absolute atomic E-state index is 0.0479. The second-order valence-electron chi connectivity index (χ2n) is 7.40. The van der Waals surface area contributed by atoms with Crippen LogP contribution in [-0.4, -0.2) is 38.4 Å². The highest BCUT2D eigenvalue weighted by Crippen LogP contribution is 2.36. The van der Waals surface area contributed by atoms with Crippen molar-refractivity contribution in [2.45, 2.75) is 36.1 Å². The summed E-state index contributed by atoms with van der Waals surface area (Å²) in [6.45, 7) is 0.166. The van der Waals surface area contributed by atoms with Gasteiger partial charge in [-0.1, -0.05) is 15.9 Å². The summed E-state index contributed by atoms with van der Waals surface area (Å²) < 4.78 is 106. The van der Waals surface area contributed by atoms with Crippen LogP contribution in [0, 0.1) is 0 Å². The average Bonchev–Trinajstić information content (AvgIpc) is 2.72. The van der Waals surface area contributed by atoms with E-state index in [1.807, 2.05) is 0 Å². The van der Waals surface area contributed by atoms with Crippen LogP contribution < -0.4 is 4.72 Å². The molecule has 0 aliphatic carbocycles. The molecule has 1 saturated heterocycles. The predicted molar refractivity (Wildman–Crippen MR) is 110 cm³/mol. The molecule has 0 atom stereocenters. The summed E-state index contributed by atoms with van der Waals surface area (Å²) in [5.74, 6) is -0.516. The molecule has 0 saturated carbocycles. The van der Waals surface area contributed by atoms with Crippen molar-refractivity contribution in [3.05, 3.63) is 63.6 Å². The summed E-state index contributed by atoms with van der Waals surface area (Å²) in [6.07, 6.45) is -9.16. The summed E-state index contributed by atoms with van der Waals surface area (Å²) in [6, 6.07) is 5.73. The maximum absolute atomic E-state index is 13.3. The highest BCUT2D eigenvalue weighted by Gasteiger charge is 2.38. The minimum Gasteiger partial charge on any atom is -0.339 e. The van der Waals surface area contributed by atoms with Crippen LogP contribution in [0.5, 0.6) is 0 Å². The second kappa shape index (κ2) is 9.26. The number of carbonyl (C=O) groups excluding carboxylic acids is 1. The first-order chi connectivity index (χ1) is 15.2. The lowest BCUT2D eigenvalue weighted by atomic mass is 10.0. The third-order valence-electron chi connectivity index (χ3n) is 5.10. The van der Waals surface area contributed by atoms with Gasteiger partial charge in [0.05, 0.1) is 16.0 Å². The van der Waals surface area contributed by atoms with Crippen LogP contribution in [0.3, 0.4) is 0 Å². The van der Waals surface area contributed by atoms with Gasteiger partial charge in [0.25, 0.3) is 5.91 Å². The topological polar surface area (TPSA) is 66.5 Å². The molecule has 180 valence electrons. The van der Waals surface area contributed by atoms with E-state index in [1.54, 1.807) is 0 Å². The quantitative estimate of drug-likeness (QED) is 0.533. The Morgan fingerprint density at radius 1 is 0.939 bits per heavy atom. The van der Waals surface area contributed by atoms with E-state index in [-0.39, 0.29) is 36.0 Å². The Morgan fingerprint density at radius 2 is 1.52 bits per heavy atom. The third-order valence-corrected chi connectivity index (χ3v) is 7.17. The van der Waals surface area contributed by atoms with Crippen LogP contribution in [0.4, 0.5) is 26.3 Å². The molecule has 1 aliphatic rings. The summed E-state index contributed by atoms with van der Waals surface area (Å²) >= 11 is 2.90. The van der Waals surface area contributed by atoms with Crippen LogP contribution in [0.25, 0.3) is 0 Å². The summed E-state index contributed by atoms with van der Waals surface area (Å²) in [7, 11) is -4.50. The van der Waals surface area contributed by atoms with E-state index in [2.05, 4.69) is 20.7 Å². The molecule has 0 spiro atoms. The fraction of sp³-hybridized carbons (Fsp3) is 0.350. The van der Waals surface area contributed by atoms with E-state index in [0.29, 0.717) is 6.07 Å². The smallest absolute Gasteiger partial charge is 0.339 e. The highest BCUT2D eigenvalue weighted by molar-refractivity contribution is 9.10. The number of alkyl halides is 6. The number of hydrogen-bond acceptors (Lipinski definition) is 3. The zero-order valence-electron chi connectivity index (χ0n) is 16.7. The lowest BCUT2D eigenvalue weighted by Gasteiger charge is -2.32. The number of rotatable bonds is 4. The van der Waals surface area contributed by atoms with Crippen LogP contribution >= 0.6 is 15.9 Å². The van der Waals surface area contributed by atoms with Gasteiger partial charge in [0.2, 0.25) is 10.0 Å². The van der Waals surface area contributed by atoms with Crippen molar-refractivity contribution in [3.63, 3.8) is 0 Å². The number of hydrogen-bond donors (Lipinski definition) is 1. The molecule has 2 aromatic rings. The van der Waals surface area contributed by atoms with Gasteiger partial charge in [-0.2, -0.15) is 26.3 Å². The standard InChI is InChI=1S/C20H17BrF6N2O3S/c21-14-5-6-17(16(11-14)20(25,26)27)33(31,32)28-15-7-9-29(10-8-15)18(30)12-1-3-13(4-2-12)19(22,23)24/h1-6,11,15,28H,7-10H2. The zero-order chi connectivity index (χ0) is 24.6. The summed E-state index contributed by atoms with van der Waals surface area (Å²) in [5.41, 5.74) is -2.15. The number of nitrogens with zero attached hydrogens (tertiary/aromatic N) is 1. The molecule has 3 rings (SSSR count).